The van der Waals surface area contributed by atoms with Crippen molar-refractivity contribution in [2.75, 3.05) is 31.5 Å². The molecule has 0 saturated carbocycles. The number of methoxy groups -OCH3 is 2. The first kappa shape index (κ1) is 33.6. The molecule has 5 aromatic rings. The number of ether oxygens (including phenoxy) is 3. The summed E-state index contributed by atoms with van der Waals surface area (Å²) in [5.74, 6) is 2.01. The Morgan fingerprint density at radius 3 is 2.29 bits per heavy atom. The van der Waals surface area contributed by atoms with Gasteiger partial charge in [0, 0.05) is 41.8 Å². The highest BCUT2D eigenvalue weighted by atomic mass is 16.5. The zero-order valence-electron chi connectivity index (χ0n) is 27.8. The Kier molecular flexibility index (Phi) is 9.71. The molecule has 5 N–H and O–H groups in total. The topological polar surface area (TPSA) is 148 Å². The number of rotatable bonds is 10. The van der Waals surface area contributed by atoms with E-state index in [4.69, 9.17) is 19.9 Å². The van der Waals surface area contributed by atoms with Gasteiger partial charge in [-0.3, -0.25) is 9.69 Å². The number of pyridine rings is 1. The van der Waals surface area contributed by atoms with Crippen molar-refractivity contribution in [1.82, 2.24) is 10.3 Å². The molecule has 0 aliphatic carbocycles. The maximum atomic E-state index is 13.3. The summed E-state index contributed by atoms with van der Waals surface area (Å²) in [6.07, 6.45) is 1.62. The third-order valence-corrected chi connectivity index (χ3v) is 7.79. The fourth-order valence-corrected chi connectivity index (χ4v) is 5.40. The number of carbonyl (C=O) groups excluding carboxylic acids is 2. The van der Waals surface area contributed by atoms with Crippen LogP contribution in [0, 0.1) is 0 Å². The predicted octanol–water partition coefficient (Wildman–Crippen LogP) is 7.15. The molecule has 1 heterocycles. The molecular weight excluding hydrogens is 610 g/mol. The van der Waals surface area contributed by atoms with E-state index in [2.05, 4.69) is 15.6 Å². The van der Waals surface area contributed by atoms with Gasteiger partial charge in [0.25, 0.3) is 5.91 Å². The van der Waals surface area contributed by atoms with Gasteiger partial charge >= 0.3 is 6.03 Å². The molecule has 0 spiro atoms. The second-order valence-corrected chi connectivity index (χ2v) is 12.0. The van der Waals surface area contributed by atoms with Crippen LogP contribution in [0.2, 0.25) is 0 Å². The van der Waals surface area contributed by atoms with Crippen LogP contribution in [0.1, 0.15) is 42.3 Å². The van der Waals surface area contributed by atoms with Gasteiger partial charge in [0.15, 0.2) is 5.75 Å². The summed E-state index contributed by atoms with van der Waals surface area (Å²) >= 11 is 0. The van der Waals surface area contributed by atoms with E-state index in [-0.39, 0.29) is 29.2 Å². The van der Waals surface area contributed by atoms with Crippen LogP contribution in [0.3, 0.4) is 0 Å². The lowest BCUT2D eigenvalue weighted by Gasteiger charge is -2.29. The van der Waals surface area contributed by atoms with Gasteiger partial charge in [0.1, 0.15) is 23.1 Å². The van der Waals surface area contributed by atoms with E-state index in [1.165, 1.54) is 19.1 Å². The van der Waals surface area contributed by atoms with Crippen LogP contribution < -0.4 is 35.5 Å². The standard InChI is InChI=1S/C37H39N5O6/c1-37(2,3)23-17-29(35(44)39-4)34(47-6)31(18-23)42(36(38)45)30-11-12-32(28-10-8-7-9-27(28)30)48-25-13-14-40-33(20-25)41-24-15-22(21-43)16-26(19-24)46-5/h7-20,43H,21H2,1-6H3,(H2,38,45)(H,39,44)(H,40,41). The lowest BCUT2D eigenvalue weighted by Crippen LogP contribution is -2.33. The number of carbonyl (C=O) groups is 2. The molecule has 0 fully saturated rings. The number of aliphatic hydroxyl groups excluding tert-OH is 1. The predicted molar refractivity (Wildman–Crippen MR) is 187 cm³/mol. The zero-order valence-corrected chi connectivity index (χ0v) is 27.8. The van der Waals surface area contributed by atoms with Gasteiger partial charge in [-0.1, -0.05) is 45.0 Å². The number of hydrogen-bond acceptors (Lipinski definition) is 8. The Morgan fingerprint density at radius 2 is 1.65 bits per heavy atom. The van der Waals surface area contributed by atoms with E-state index in [1.54, 1.807) is 61.8 Å². The number of nitrogens with two attached hydrogens (primary N) is 1. The molecule has 11 heteroatoms. The lowest BCUT2D eigenvalue weighted by molar-refractivity contribution is 0.0960. The van der Waals surface area contributed by atoms with Crippen molar-refractivity contribution in [3.05, 3.63) is 102 Å². The number of anilines is 4. The minimum Gasteiger partial charge on any atom is -0.497 e. The fraction of sp³-hybridized carbons (Fsp3) is 0.216. The number of urea groups is 1. The average Bonchev–Trinajstić information content (AvgIpc) is 3.07. The maximum absolute atomic E-state index is 13.3. The van der Waals surface area contributed by atoms with Crippen molar-refractivity contribution >= 4 is 45.6 Å². The molecule has 0 atom stereocenters. The molecule has 0 aliphatic heterocycles. The Bertz CT molecular complexity index is 1970. The molecule has 0 aliphatic rings. The molecule has 11 nitrogen and oxygen atoms in total. The molecular formula is C37H39N5O6. The number of aliphatic hydroxyl groups is 1. The van der Waals surface area contributed by atoms with Crippen molar-refractivity contribution < 1.29 is 28.9 Å². The molecule has 1 aromatic heterocycles. The summed E-state index contributed by atoms with van der Waals surface area (Å²) in [5.41, 5.74) is 9.00. The van der Waals surface area contributed by atoms with Crippen molar-refractivity contribution in [3.8, 4) is 23.0 Å². The zero-order chi connectivity index (χ0) is 34.6. The molecule has 5 rings (SSSR count). The highest BCUT2D eigenvalue weighted by Gasteiger charge is 2.29. The number of benzene rings is 4. The number of aromatic nitrogens is 1. The van der Waals surface area contributed by atoms with E-state index in [9.17, 15) is 14.7 Å². The SMILES string of the molecule is CNC(=O)c1cc(C(C)(C)C)cc(N(C(N)=O)c2ccc(Oc3ccnc(Nc4cc(CO)cc(OC)c4)c3)c3ccccc23)c1OC. The van der Waals surface area contributed by atoms with Crippen LogP contribution in [-0.2, 0) is 12.0 Å². The molecule has 0 saturated heterocycles. The average molecular weight is 650 g/mol. The Hall–Kier alpha value is -5.81. The number of nitrogens with one attached hydrogen (secondary N) is 2. The van der Waals surface area contributed by atoms with Gasteiger partial charge in [0.05, 0.1) is 37.8 Å². The van der Waals surface area contributed by atoms with Gasteiger partial charge < -0.3 is 35.7 Å². The smallest absolute Gasteiger partial charge is 0.324 e. The number of amides is 3. The number of hydrogen-bond donors (Lipinski definition) is 4. The van der Waals surface area contributed by atoms with Crippen molar-refractivity contribution in [3.63, 3.8) is 0 Å². The van der Waals surface area contributed by atoms with Crippen molar-refractivity contribution in [1.29, 1.82) is 0 Å². The molecule has 248 valence electrons. The van der Waals surface area contributed by atoms with Gasteiger partial charge in [-0.25, -0.2) is 9.78 Å². The van der Waals surface area contributed by atoms with E-state index in [0.29, 0.717) is 56.5 Å². The molecule has 0 unspecified atom stereocenters. The van der Waals surface area contributed by atoms with Gasteiger partial charge in [0.2, 0.25) is 0 Å². The Labute approximate surface area is 279 Å². The quantitative estimate of drug-likeness (QED) is 0.125. The van der Waals surface area contributed by atoms with E-state index in [1.807, 2.05) is 51.1 Å². The van der Waals surface area contributed by atoms with Crippen LogP contribution in [0.4, 0.5) is 27.7 Å². The summed E-state index contributed by atoms with van der Waals surface area (Å²) in [6.45, 7) is 5.92. The minimum atomic E-state index is -0.757. The third-order valence-electron chi connectivity index (χ3n) is 7.79. The molecule has 48 heavy (non-hydrogen) atoms. The summed E-state index contributed by atoms with van der Waals surface area (Å²) < 4.78 is 17.5. The van der Waals surface area contributed by atoms with Gasteiger partial charge in [-0.05, 0) is 59.0 Å². The summed E-state index contributed by atoms with van der Waals surface area (Å²) in [5, 5.41) is 16.9. The lowest BCUT2D eigenvalue weighted by atomic mass is 9.85. The van der Waals surface area contributed by atoms with Crippen molar-refractivity contribution in [2.45, 2.75) is 32.8 Å². The minimum absolute atomic E-state index is 0.136. The molecule has 4 aromatic carbocycles. The maximum Gasteiger partial charge on any atom is 0.324 e. The van der Waals surface area contributed by atoms with E-state index >= 15 is 0 Å². The normalized spacial score (nSPS) is 11.1. The Morgan fingerprint density at radius 1 is 0.896 bits per heavy atom. The third kappa shape index (κ3) is 6.96. The molecule has 3 amide bonds. The number of fused-ring (bicyclic) bond motifs is 1. The van der Waals surface area contributed by atoms with Crippen LogP contribution in [0.15, 0.2) is 85.1 Å². The highest BCUT2D eigenvalue weighted by Crippen LogP contribution is 2.44. The Balaban J connectivity index is 1.57. The molecule has 0 bridgehead atoms. The largest absolute Gasteiger partial charge is 0.497 e. The highest BCUT2D eigenvalue weighted by molar-refractivity contribution is 6.11. The first-order valence-corrected chi connectivity index (χ1v) is 15.2. The number of nitrogens with zero attached hydrogens (tertiary/aromatic N) is 2. The van der Waals surface area contributed by atoms with Crippen LogP contribution in [0.5, 0.6) is 23.0 Å². The second-order valence-electron chi connectivity index (χ2n) is 12.0. The second kappa shape index (κ2) is 13.9. The molecule has 0 radical (unpaired) electrons. The van der Waals surface area contributed by atoms with E-state index in [0.717, 1.165) is 5.56 Å². The van der Waals surface area contributed by atoms with Crippen LogP contribution >= 0.6 is 0 Å². The van der Waals surface area contributed by atoms with Gasteiger partial charge in [-0.15, -0.1) is 0 Å². The van der Waals surface area contributed by atoms with Gasteiger partial charge in [-0.2, -0.15) is 0 Å². The summed E-state index contributed by atoms with van der Waals surface area (Å²) in [7, 11) is 4.55. The monoisotopic (exact) mass is 649 g/mol. The van der Waals surface area contributed by atoms with Crippen LogP contribution in [-0.4, -0.2) is 43.3 Å². The van der Waals surface area contributed by atoms with E-state index < -0.39 is 6.03 Å². The first-order chi connectivity index (χ1) is 23.0. The van der Waals surface area contributed by atoms with Crippen LogP contribution in [0.25, 0.3) is 10.8 Å². The first-order valence-electron chi connectivity index (χ1n) is 15.2. The fourth-order valence-electron chi connectivity index (χ4n) is 5.40. The summed E-state index contributed by atoms with van der Waals surface area (Å²) in [6, 6.07) is 22.7. The summed E-state index contributed by atoms with van der Waals surface area (Å²) in [4.78, 5) is 32.1. The number of primary amides is 1. The van der Waals surface area contributed by atoms with Crippen molar-refractivity contribution in [2.24, 2.45) is 5.73 Å².